The number of thioether (sulfide) groups is 1. The van der Waals surface area contributed by atoms with Gasteiger partial charge in [0.25, 0.3) is 0 Å². The van der Waals surface area contributed by atoms with Gasteiger partial charge in [-0.25, -0.2) is 0 Å². The Morgan fingerprint density at radius 3 is 2.82 bits per heavy atom. The van der Waals surface area contributed by atoms with Crippen molar-refractivity contribution in [3.63, 3.8) is 0 Å². The van der Waals surface area contributed by atoms with E-state index in [-0.39, 0.29) is 0 Å². The molecule has 3 rings (SSSR count). The molecule has 4 nitrogen and oxygen atoms in total. The Kier molecular flexibility index (Phi) is 5.26. The van der Waals surface area contributed by atoms with E-state index in [9.17, 15) is 4.79 Å². The van der Waals surface area contributed by atoms with Gasteiger partial charge in [0, 0.05) is 62.4 Å². The van der Waals surface area contributed by atoms with Crippen LogP contribution in [0.2, 0.25) is 0 Å². The highest BCUT2D eigenvalue weighted by Crippen LogP contribution is 2.18. The maximum absolute atomic E-state index is 12.4. The van der Waals surface area contributed by atoms with Gasteiger partial charge in [-0.15, -0.1) is 0 Å². The van der Waals surface area contributed by atoms with Crippen LogP contribution in [0.3, 0.4) is 0 Å². The average molecular weight is 319 g/mol. The van der Waals surface area contributed by atoms with Crippen LogP contribution in [0.25, 0.3) is 0 Å². The Morgan fingerprint density at radius 2 is 2.14 bits per heavy atom. The predicted octanol–water partition coefficient (Wildman–Crippen LogP) is 1.74. The number of aryl methyl sites for hydroxylation is 1. The van der Waals surface area contributed by atoms with Crippen molar-refractivity contribution in [2.75, 3.05) is 49.1 Å². The molecular formula is C17H25N3OS. The van der Waals surface area contributed by atoms with Gasteiger partial charge in [0.05, 0.1) is 0 Å². The fourth-order valence-corrected chi connectivity index (χ4v) is 4.08. The van der Waals surface area contributed by atoms with Crippen LogP contribution in [0.1, 0.15) is 12.0 Å². The summed E-state index contributed by atoms with van der Waals surface area (Å²) >= 11 is 1.95. The normalized spacial score (nSPS) is 22.7. The van der Waals surface area contributed by atoms with Gasteiger partial charge >= 0.3 is 0 Å². The molecule has 2 aliphatic heterocycles. The summed E-state index contributed by atoms with van der Waals surface area (Å²) in [5.74, 6) is 2.54. The van der Waals surface area contributed by atoms with E-state index >= 15 is 0 Å². The molecule has 1 aromatic carbocycles. The van der Waals surface area contributed by atoms with Crippen molar-refractivity contribution in [2.45, 2.75) is 19.4 Å². The van der Waals surface area contributed by atoms with Gasteiger partial charge in [0.15, 0.2) is 0 Å². The molecule has 0 aliphatic carbocycles. The SMILES string of the molecule is Cc1cccc(N2CCN(C(=O)CC3CSCCN3)CC2)c1. The molecule has 2 heterocycles. The average Bonchev–Trinajstić information content (AvgIpc) is 2.56. The van der Waals surface area contributed by atoms with Crippen molar-refractivity contribution < 1.29 is 4.79 Å². The van der Waals surface area contributed by atoms with E-state index in [4.69, 9.17) is 0 Å². The van der Waals surface area contributed by atoms with Crippen LogP contribution in [0, 0.1) is 6.92 Å². The number of amides is 1. The van der Waals surface area contributed by atoms with Crippen molar-refractivity contribution in [3.05, 3.63) is 29.8 Å². The second-order valence-corrected chi connectivity index (χ2v) is 7.29. The van der Waals surface area contributed by atoms with Gasteiger partial charge in [0.1, 0.15) is 0 Å². The molecule has 1 amide bonds. The molecule has 22 heavy (non-hydrogen) atoms. The third kappa shape index (κ3) is 3.96. The summed E-state index contributed by atoms with van der Waals surface area (Å²) in [5, 5.41) is 3.45. The van der Waals surface area contributed by atoms with Gasteiger partial charge in [-0.1, -0.05) is 12.1 Å². The topological polar surface area (TPSA) is 35.6 Å². The zero-order chi connectivity index (χ0) is 15.4. The Bertz CT molecular complexity index is 508. The lowest BCUT2D eigenvalue weighted by Crippen LogP contribution is -2.50. The van der Waals surface area contributed by atoms with Crippen LogP contribution in [-0.4, -0.2) is 61.1 Å². The second-order valence-electron chi connectivity index (χ2n) is 6.14. The third-order valence-corrected chi connectivity index (χ3v) is 5.55. The smallest absolute Gasteiger partial charge is 0.224 e. The van der Waals surface area contributed by atoms with Gasteiger partial charge in [0.2, 0.25) is 5.91 Å². The Labute approximate surface area is 137 Å². The lowest BCUT2D eigenvalue weighted by Gasteiger charge is -2.37. The molecule has 0 radical (unpaired) electrons. The summed E-state index contributed by atoms with van der Waals surface area (Å²) in [6, 6.07) is 8.97. The van der Waals surface area contributed by atoms with Crippen LogP contribution in [-0.2, 0) is 4.79 Å². The molecule has 2 saturated heterocycles. The number of rotatable bonds is 3. The molecule has 0 bridgehead atoms. The Hall–Kier alpha value is -1.20. The molecule has 2 fully saturated rings. The summed E-state index contributed by atoms with van der Waals surface area (Å²) in [4.78, 5) is 16.8. The highest BCUT2D eigenvalue weighted by atomic mass is 32.2. The summed E-state index contributed by atoms with van der Waals surface area (Å²) in [6.45, 7) is 6.70. The first-order valence-corrected chi connectivity index (χ1v) is 9.28. The first kappa shape index (κ1) is 15.7. The highest BCUT2D eigenvalue weighted by molar-refractivity contribution is 7.99. The Balaban J connectivity index is 1.49. The molecule has 1 atom stereocenters. The van der Waals surface area contributed by atoms with Crippen LogP contribution < -0.4 is 10.2 Å². The van der Waals surface area contributed by atoms with E-state index in [1.165, 1.54) is 17.0 Å². The van der Waals surface area contributed by atoms with E-state index in [1.807, 2.05) is 16.7 Å². The zero-order valence-corrected chi connectivity index (χ0v) is 14.1. The third-order valence-electron chi connectivity index (χ3n) is 4.42. The fraction of sp³-hybridized carbons (Fsp3) is 0.588. The van der Waals surface area contributed by atoms with Gasteiger partial charge in [-0.3, -0.25) is 4.79 Å². The van der Waals surface area contributed by atoms with Crippen molar-refractivity contribution >= 4 is 23.4 Å². The fourth-order valence-electron chi connectivity index (χ4n) is 3.13. The molecule has 120 valence electrons. The molecule has 1 aromatic rings. The van der Waals surface area contributed by atoms with Crippen molar-refractivity contribution in [3.8, 4) is 0 Å². The van der Waals surface area contributed by atoms with E-state index in [2.05, 4.69) is 41.4 Å². The summed E-state index contributed by atoms with van der Waals surface area (Å²) < 4.78 is 0. The minimum absolute atomic E-state index is 0.309. The lowest BCUT2D eigenvalue weighted by molar-refractivity contribution is -0.131. The lowest BCUT2D eigenvalue weighted by atomic mass is 10.1. The molecular weight excluding hydrogens is 294 g/mol. The number of nitrogens with zero attached hydrogens (tertiary/aromatic N) is 2. The number of hydrogen-bond acceptors (Lipinski definition) is 4. The monoisotopic (exact) mass is 319 g/mol. The predicted molar refractivity (Wildman–Crippen MR) is 93.7 cm³/mol. The molecule has 0 spiro atoms. The number of benzene rings is 1. The molecule has 1 unspecified atom stereocenters. The van der Waals surface area contributed by atoms with E-state index in [0.29, 0.717) is 18.4 Å². The van der Waals surface area contributed by atoms with E-state index < -0.39 is 0 Å². The quantitative estimate of drug-likeness (QED) is 0.920. The molecule has 0 saturated carbocycles. The maximum Gasteiger partial charge on any atom is 0.224 e. The largest absolute Gasteiger partial charge is 0.368 e. The first-order valence-electron chi connectivity index (χ1n) is 8.13. The summed E-state index contributed by atoms with van der Waals surface area (Å²) in [7, 11) is 0. The number of piperazine rings is 1. The molecule has 5 heteroatoms. The summed E-state index contributed by atoms with van der Waals surface area (Å²) in [5.41, 5.74) is 2.56. The van der Waals surface area contributed by atoms with Crippen LogP contribution in [0.4, 0.5) is 5.69 Å². The number of carbonyl (C=O) groups is 1. The number of anilines is 1. The second kappa shape index (κ2) is 7.38. The van der Waals surface area contributed by atoms with Crippen LogP contribution >= 0.6 is 11.8 Å². The number of carbonyl (C=O) groups excluding carboxylic acids is 1. The molecule has 1 N–H and O–H groups in total. The van der Waals surface area contributed by atoms with Crippen molar-refractivity contribution in [1.82, 2.24) is 10.2 Å². The van der Waals surface area contributed by atoms with Gasteiger partial charge < -0.3 is 15.1 Å². The highest BCUT2D eigenvalue weighted by Gasteiger charge is 2.24. The van der Waals surface area contributed by atoms with Crippen LogP contribution in [0.15, 0.2) is 24.3 Å². The van der Waals surface area contributed by atoms with Crippen molar-refractivity contribution in [2.24, 2.45) is 0 Å². The van der Waals surface area contributed by atoms with Crippen LogP contribution in [0.5, 0.6) is 0 Å². The summed E-state index contributed by atoms with van der Waals surface area (Å²) in [6.07, 6.45) is 0.650. The van der Waals surface area contributed by atoms with Crippen molar-refractivity contribution in [1.29, 1.82) is 0 Å². The standard InChI is InChI=1S/C17H25N3OS/c1-14-3-2-4-16(11-14)19-6-8-20(9-7-19)17(21)12-15-13-22-10-5-18-15/h2-4,11,15,18H,5-10,12-13H2,1H3. The molecule has 2 aliphatic rings. The number of hydrogen-bond donors (Lipinski definition) is 1. The first-order chi connectivity index (χ1) is 10.7. The zero-order valence-electron chi connectivity index (χ0n) is 13.3. The van der Waals surface area contributed by atoms with E-state index in [1.54, 1.807) is 0 Å². The number of nitrogens with one attached hydrogen (secondary N) is 1. The van der Waals surface area contributed by atoms with E-state index in [0.717, 1.165) is 38.5 Å². The maximum atomic E-state index is 12.4. The minimum Gasteiger partial charge on any atom is -0.368 e. The molecule has 0 aromatic heterocycles. The van der Waals surface area contributed by atoms with Gasteiger partial charge in [-0.05, 0) is 24.6 Å². The van der Waals surface area contributed by atoms with Gasteiger partial charge in [-0.2, -0.15) is 11.8 Å². The Morgan fingerprint density at radius 1 is 1.32 bits per heavy atom. The minimum atomic E-state index is 0.309.